The first-order valence-electron chi connectivity index (χ1n) is 9.31. The van der Waals surface area contributed by atoms with Crippen LogP contribution in [0.4, 0.5) is 10.5 Å². The van der Waals surface area contributed by atoms with Crippen molar-refractivity contribution >= 4 is 11.7 Å². The second kappa shape index (κ2) is 7.05. The number of amides is 2. The number of nitrogens with zero attached hydrogens (tertiary/aromatic N) is 3. The van der Waals surface area contributed by atoms with E-state index in [9.17, 15) is 4.79 Å². The van der Waals surface area contributed by atoms with Crippen molar-refractivity contribution in [2.45, 2.75) is 37.1 Å². The molecule has 1 aromatic heterocycles. The van der Waals surface area contributed by atoms with Gasteiger partial charge in [0, 0.05) is 32.4 Å². The lowest BCUT2D eigenvalue weighted by molar-refractivity contribution is 0.0418. The Kier molecular flexibility index (Phi) is 4.58. The van der Waals surface area contributed by atoms with Crippen molar-refractivity contribution in [1.29, 1.82) is 5.26 Å². The molecule has 140 valence electrons. The van der Waals surface area contributed by atoms with Gasteiger partial charge in [-0.1, -0.05) is 12.1 Å². The van der Waals surface area contributed by atoms with Crippen LogP contribution in [0.25, 0.3) is 0 Å². The number of nitrogens with one attached hydrogen (secondary N) is 2. The van der Waals surface area contributed by atoms with Crippen LogP contribution >= 0.6 is 0 Å². The Morgan fingerprint density at radius 1 is 1.30 bits per heavy atom. The van der Waals surface area contributed by atoms with Gasteiger partial charge in [0.15, 0.2) is 0 Å². The lowest BCUT2D eigenvalue weighted by Crippen LogP contribution is -2.50. The van der Waals surface area contributed by atoms with Gasteiger partial charge in [-0.15, -0.1) is 0 Å². The molecule has 2 amide bonds. The third-order valence-corrected chi connectivity index (χ3v) is 5.34. The topological polar surface area (TPSA) is 92.0 Å². The third kappa shape index (κ3) is 3.67. The predicted molar refractivity (Wildman–Crippen MR) is 100 cm³/mol. The molecule has 27 heavy (non-hydrogen) atoms. The van der Waals surface area contributed by atoms with Crippen molar-refractivity contribution in [3.63, 3.8) is 0 Å². The molecule has 0 unspecified atom stereocenters. The van der Waals surface area contributed by atoms with Gasteiger partial charge in [0.2, 0.25) is 0 Å². The zero-order chi connectivity index (χ0) is 18.9. The number of urea groups is 1. The molecule has 1 aromatic carbocycles. The maximum atomic E-state index is 12.8. The van der Waals surface area contributed by atoms with Gasteiger partial charge in [0.1, 0.15) is 0 Å². The average Bonchev–Trinajstić information content (AvgIpc) is 3.46. The fourth-order valence-corrected chi connectivity index (χ4v) is 3.70. The molecule has 2 fully saturated rings. The summed E-state index contributed by atoms with van der Waals surface area (Å²) in [5.41, 5.74) is 2.84. The van der Waals surface area contributed by atoms with Crippen LogP contribution in [0, 0.1) is 11.3 Å². The second-order valence-electron chi connectivity index (χ2n) is 7.34. The Morgan fingerprint density at radius 2 is 2.00 bits per heavy atom. The van der Waals surface area contributed by atoms with Crippen LogP contribution in [0.2, 0.25) is 0 Å². The van der Waals surface area contributed by atoms with Crippen LogP contribution in [0.3, 0.4) is 0 Å². The highest BCUT2D eigenvalue weighted by Gasteiger charge is 2.37. The molecule has 2 N–H and O–H groups in total. The summed E-state index contributed by atoms with van der Waals surface area (Å²) in [5, 5.41) is 19.7. The lowest BCUT2D eigenvalue weighted by atomic mass is 9.82. The number of ether oxygens (including phenoxy) is 1. The van der Waals surface area contributed by atoms with Crippen molar-refractivity contribution in [2.75, 3.05) is 18.5 Å². The molecule has 0 atom stereocenters. The first-order valence-corrected chi connectivity index (χ1v) is 9.31. The van der Waals surface area contributed by atoms with E-state index in [0.717, 1.165) is 29.8 Å². The van der Waals surface area contributed by atoms with Crippen LogP contribution < -0.4 is 10.6 Å². The Labute approximate surface area is 158 Å². The van der Waals surface area contributed by atoms with Gasteiger partial charge in [-0.2, -0.15) is 10.4 Å². The molecule has 1 saturated heterocycles. The van der Waals surface area contributed by atoms with Crippen molar-refractivity contribution in [3.05, 3.63) is 47.3 Å². The summed E-state index contributed by atoms with van der Waals surface area (Å²) < 4.78 is 7.26. The highest BCUT2D eigenvalue weighted by Crippen LogP contribution is 2.42. The predicted octanol–water partition coefficient (Wildman–Crippen LogP) is 3.00. The molecular weight excluding hydrogens is 342 g/mol. The maximum Gasteiger partial charge on any atom is 0.320 e. The van der Waals surface area contributed by atoms with Crippen LogP contribution in [0.15, 0.2) is 30.5 Å². The van der Waals surface area contributed by atoms with Gasteiger partial charge in [-0.05, 0) is 43.4 Å². The first-order chi connectivity index (χ1) is 13.1. The minimum absolute atomic E-state index is 0.240. The number of nitriles is 1. The molecule has 1 aliphatic carbocycles. The van der Waals surface area contributed by atoms with Crippen molar-refractivity contribution in [2.24, 2.45) is 7.05 Å². The summed E-state index contributed by atoms with van der Waals surface area (Å²) in [5.74, 6) is 0.456. The van der Waals surface area contributed by atoms with Crippen LogP contribution in [0.1, 0.15) is 48.4 Å². The molecule has 0 radical (unpaired) electrons. The zero-order valence-electron chi connectivity index (χ0n) is 15.4. The number of hydrogen-bond acceptors (Lipinski definition) is 4. The van der Waals surface area contributed by atoms with E-state index in [-0.39, 0.29) is 6.03 Å². The highest BCUT2D eigenvalue weighted by atomic mass is 16.5. The molecular formula is C20H23N5O2. The fourth-order valence-electron chi connectivity index (χ4n) is 3.70. The highest BCUT2D eigenvalue weighted by molar-refractivity contribution is 5.90. The van der Waals surface area contributed by atoms with E-state index in [1.54, 1.807) is 16.8 Å². The zero-order valence-corrected chi connectivity index (χ0v) is 15.4. The van der Waals surface area contributed by atoms with E-state index < -0.39 is 5.54 Å². The summed E-state index contributed by atoms with van der Waals surface area (Å²) in [6, 6.07) is 9.32. The molecule has 7 heteroatoms. The minimum atomic E-state index is -0.502. The maximum absolute atomic E-state index is 12.8. The quantitative estimate of drug-likeness (QED) is 0.871. The van der Waals surface area contributed by atoms with Gasteiger partial charge in [0.05, 0.1) is 28.6 Å². The SMILES string of the molecule is Cn1cc(NC(=O)NC2(c3ccc(C#N)cc3)CCOCC2)c(C2CC2)n1. The number of aromatic nitrogens is 2. The molecule has 7 nitrogen and oxygen atoms in total. The normalized spacial score (nSPS) is 18.5. The number of rotatable bonds is 4. The van der Waals surface area contributed by atoms with Gasteiger partial charge in [0.25, 0.3) is 0 Å². The van der Waals surface area contributed by atoms with Gasteiger partial charge in [-0.3, -0.25) is 4.68 Å². The molecule has 2 heterocycles. The smallest absolute Gasteiger partial charge is 0.320 e. The minimum Gasteiger partial charge on any atom is -0.381 e. The summed E-state index contributed by atoms with van der Waals surface area (Å²) in [7, 11) is 1.87. The number of aryl methyl sites for hydroxylation is 1. The standard InChI is InChI=1S/C20H23N5O2/c1-25-13-17(18(24-25)15-4-5-15)22-19(26)23-20(8-10-27-11-9-20)16-6-2-14(12-21)3-7-16/h2-3,6-7,13,15H,4-5,8-11H2,1H3,(H2,22,23,26). The van der Waals surface area contributed by atoms with Crippen LogP contribution in [0.5, 0.6) is 0 Å². The van der Waals surface area contributed by atoms with E-state index in [4.69, 9.17) is 10.00 Å². The summed E-state index contributed by atoms with van der Waals surface area (Å²) in [6.07, 6.45) is 5.48. The van der Waals surface area contributed by atoms with Crippen LogP contribution in [-0.2, 0) is 17.3 Å². The fraction of sp³-hybridized carbons (Fsp3) is 0.450. The Bertz CT molecular complexity index is 871. The number of carbonyl (C=O) groups excluding carboxylic acids is 1. The Hall–Kier alpha value is -2.85. The molecule has 2 aliphatic rings. The number of carbonyl (C=O) groups is 1. The van der Waals surface area contributed by atoms with Gasteiger partial charge >= 0.3 is 6.03 Å². The van der Waals surface area contributed by atoms with Gasteiger partial charge in [-0.25, -0.2) is 4.79 Å². The summed E-state index contributed by atoms with van der Waals surface area (Å²) >= 11 is 0. The molecule has 0 bridgehead atoms. The number of benzene rings is 1. The second-order valence-corrected chi connectivity index (χ2v) is 7.34. The third-order valence-electron chi connectivity index (χ3n) is 5.34. The van der Waals surface area contributed by atoms with Gasteiger partial charge < -0.3 is 15.4 Å². The monoisotopic (exact) mass is 365 g/mol. The van der Waals surface area contributed by atoms with E-state index in [0.29, 0.717) is 37.5 Å². The molecule has 1 saturated carbocycles. The molecule has 2 aromatic rings. The van der Waals surface area contributed by atoms with E-state index in [2.05, 4.69) is 21.8 Å². The number of anilines is 1. The largest absolute Gasteiger partial charge is 0.381 e. The number of hydrogen-bond donors (Lipinski definition) is 2. The molecule has 0 spiro atoms. The Morgan fingerprint density at radius 3 is 2.63 bits per heavy atom. The Balaban J connectivity index is 1.54. The van der Waals surface area contributed by atoms with E-state index in [1.807, 2.05) is 25.4 Å². The van der Waals surface area contributed by atoms with E-state index in [1.165, 1.54) is 0 Å². The molecule has 1 aliphatic heterocycles. The first kappa shape index (κ1) is 17.6. The van der Waals surface area contributed by atoms with Crippen molar-refractivity contribution < 1.29 is 9.53 Å². The van der Waals surface area contributed by atoms with E-state index >= 15 is 0 Å². The summed E-state index contributed by atoms with van der Waals surface area (Å²) in [4.78, 5) is 12.8. The van der Waals surface area contributed by atoms with Crippen molar-refractivity contribution in [1.82, 2.24) is 15.1 Å². The lowest BCUT2D eigenvalue weighted by Gasteiger charge is -2.38. The summed E-state index contributed by atoms with van der Waals surface area (Å²) in [6.45, 7) is 1.17. The van der Waals surface area contributed by atoms with Crippen molar-refractivity contribution in [3.8, 4) is 6.07 Å². The average molecular weight is 365 g/mol. The van der Waals surface area contributed by atoms with Crippen LogP contribution in [-0.4, -0.2) is 29.0 Å². The molecule has 4 rings (SSSR count).